The lowest BCUT2D eigenvalue weighted by Gasteiger charge is -2.22. The lowest BCUT2D eigenvalue weighted by Crippen LogP contribution is -2.29. The SMILES string of the molecule is Cc1cnc(-c2ccncc2)n1C1CCN(S(=O)(=O)c2ccc3c(c2)OCCO3)C1. The van der Waals surface area contributed by atoms with Gasteiger partial charge >= 0.3 is 0 Å². The van der Waals surface area contributed by atoms with Crippen LogP contribution in [0.5, 0.6) is 11.5 Å². The summed E-state index contributed by atoms with van der Waals surface area (Å²) in [5, 5.41) is 0. The molecule has 0 spiro atoms. The number of pyridine rings is 1. The van der Waals surface area contributed by atoms with E-state index in [1.807, 2.05) is 25.3 Å². The molecule has 3 aromatic rings. The Bertz CT molecular complexity index is 1180. The van der Waals surface area contributed by atoms with Crippen LogP contribution in [-0.2, 0) is 10.0 Å². The van der Waals surface area contributed by atoms with Crippen LogP contribution in [-0.4, -0.2) is 53.6 Å². The summed E-state index contributed by atoms with van der Waals surface area (Å²) in [6.45, 7) is 3.73. The predicted molar refractivity (Wildman–Crippen MR) is 110 cm³/mol. The molecule has 0 amide bonds. The van der Waals surface area contributed by atoms with Gasteiger partial charge in [0.1, 0.15) is 19.0 Å². The number of benzene rings is 1. The molecule has 8 nitrogen and oxygen atoms in total. The third kappa shape index (κ3) is 3.23. The summed E-state index contributed by atoms with van der Waals surface area (Å²) in [4.78, 5) is 8.86. The number of sulfonamides is 1. The zero-order valence-corrected chi connectivity index (χ0v) is 17.4. The Morgan fingerprint density at radius 2 is 1.83 bits per heavy atom. The summed E-state index contributed by atoms with van der Waals surface area (Å²) < 4.78 is 41.3. The van der Waals surface area contributed by atoms with E-state index in [0.717, 1.165) is 23.5 Å². The standard InChI is InChI=1S/C21H22N4O4S/c1-15-13-23-21(16-4-7-22-8-5-16)25(15)17-6-9-24(14-17)30(26,27)18-2-3-19-20(12-18)29-11-10-28-19/h2-5,7-8,12-13,17H,6,9-11,14H2,1H3. The Balaban J connectivity index is 1.42. The van der Waals surface area contributed by atoms with Gasteiger partial charge in [0.25, 0.3) is 0 Å². The quantitative estimate of drug-likeness (QED) is 0.638. The molecule has 0 aliphatic carbocycles. The van der Waals surface area contributed by atoms with Crippen molar-refractivity contribution in [2.45, 2.75) is 24.3 Å². The molecule has 1 fully saturated rings. The molecule has 1 unspecified atom stereocenters. The molecule has 4 heterocycles. The zero-order valence-electron chi connectivity index (χ0n) is 16.6. The Morgan fingerprint density at radius 1 is 1.07 bits per heavy atom. The van der Waals surface area contributed by atoms with Crippen LogP contribution in [0.3, 0.4) is 0 Å². The monoisotopic (exact) mass is 426 g/mol. The van der Waals surface area contributed by atoms with E-state index in [1.165, 1.54) is 0 Å². The fourth-order valence-corrected chi connectivity index (χ4v) is 5.60. The van der Waals surface area contributed by atoms with Crippen molar-refractivity contribution in [1.29, 1.82) is 0 Å². The predicted octanol–water partition coefficient (Wildman–Crippen LogP) is 2.66. The number of nitrogens with zero attached hydrogens (tertiary/aromatic N) is 4. The fraction of sp³-hybridized carbons (Fsp3) is 0.333. The number of hydrogen-bond acceptors (Lipinski definition) is 6. The van der Waals surface area contributed by atoms with Crippen molar-refractivity contribution in [1.82, 2.24) is 18.8 Å². The van der Waals surface area contributed by atoms with Gasteiger partial charge in [0.05, 0.1) is 10.9 Å². The number of fused-ring (bicyclic) bond motifs is 1. The maximum atomic E-state index is 13.3. The number of aryl methyl sites for hydroxylation is 1. The Kier molecular flexibility index (Phi) is 4.71. The lowest BCUT2D eigenvalue weighted by molar-refractivity contribution is 0.171. The number of hydrogen-bond donors (Lipinski definition) is 0. The molecule has 1 aromatic carbocycles. The minimum absolute atomic E-state index is 0.0163. The van der Waals surface area contributed by atoms with Gasteiger partial charge in [-0.25, -0.2) is 13.4 Å². The third-order valence-electron chi connectivity index (χ3n) is 5.56. The summed E-state index contributed by atoms with van der Waals surface area (Å²) in [7, 11) is -3.63. The van der Waals surface area contributed by atoms with Crippen LogP contribution in [0.1, 0.15) is 18.2 Å². The van der Waals surface area contributed by atoms with Crippen molar-refractivity contribution in [3.8, 4) is 22.9 Å². The van der Waals surface area contributed by atoms with E-state index in [1.54, 1.807) is 34.9 Å². The fourth-order valence-electron chi connectivity index (χ4n) is 4.09. The summed E-state index contributed by atoms with van der Waals surface area (Å²) >= 11 is 0. The second-order valence-electron chi connectivity index (χ2n) is 7.44. The minimum Gasteiger partial charge on any atom is -0.486 e. The van der Waals surface area contributed by atoms with Crippen molar-refractivity contribution in [3.63, 3.8) is 0 Å². The average molecular weight is 426 g/mol. The van der Waals surface area contributed by atoms with Gasteiger partial charge in [0, 0.05) is 49.0 Å². The molecular formula is C21H22N4O4S. The van der Waals surface area contributed by atoms with E-state index in [9.17, 15) is 8.42 Å². The Hall–Kier alpha value is -2.91. The van der Waals surface area contributed by atoms with Crippen LogP contribution in [0.25, 0.3) is 11.4 Å². The molecule has 156 valence electrons. The van der Waals surface area contributed by atoms with Crippen molar-refractivity contribution in [2.24, 2.45) is 0 Å². The lowest BCUT2D eigenvalue weighted by atomic mass is 10.2. The molecule has 0 saturated carbocycles. The molecule has 9 heteroatoms. The number of ether oxygens (including phenoxy) is 2. The molecule has 1 saturated heterocycles. The highest BCUT2D eigenvalue weighted by molar-refractivity contribution is 7.89. The van der Waals surface area contributed by atoms with Crippen LogP contribution < -0.4 is 9.47 Å². The van der Waals surface area contributed by atoms with E-state index in [0.29, 0.717) is 37.8 Å². The average Bonchev–Trinajstić information content (AvgIpc) is 3.41. The third-order valence-corrected chi connectivity index (χ3v) is 7.42. The second-order valence-corrected chi connectivity index (χ2v) is 9.38. The van der Waals surface area contributed by atoms with E-state index in [4.69, 9.17) is 9.47 Å². The first kappa shape index (κ1) is 19.1. The first-order chi connectivity index (χ1) is 14.5. The van der Waals surface area contributed by atoms with Crippen molar-refractivity contribution in [3.05, 3.63) is 54.6 Å². The summed E-state index contributed by atoms with van der Waals surface area (Å²) in [5.41, 5.74) is 1.97. The molecule has 2 aromatic heterocycles. The maximum absolute atomic E-state index is 13.3. The molecule has 0 bridgehead atoms. The second kappa shape index (κ2) is 7.41. The van der Waals surface area contributed by atoms with Crippen LogP contribution in [0.4, 0.5) is 0 Å². The molecule has 0 N–H and O–H groups in total. The highest BCUT2D eigenvalue weighted by Gasteiger charge is 2.35. The van der Waals surface area contributed by atoms with E-state index >= 15 is 0 Å². The van der Waals surface area contributed by atoms with Gasteiger partial charge in [-0.2, -0.15) is 4.31 Å². The molecular weight excluding hydrogens is 404 g/mol. The maximum Gasteiger partial charge on any atom is 0.243 e. The van der Waals surface area contributed by atoms with E-state index < -0.39 is 10.0 Å². The van der Waals surface area contributed by atoms with Crippen LogP contribution in [0.2, 0.25) is 0 Å². The molecule has 5 rings (SSSR count). The number of rotatable bonds is 4. The van der Waals surface area contributed by atoms with Crippen LogP contribution >= 0.6 is 0 Å². The number of imidazole rings is 1. The van der Waals surface area contributed by atoms with Gasteiger partial charge in [0.2, 0.25) is 10.0 Å². The smallest absolute Gasteiger partial charge is 0.243 e. The molecule has 30 heavy (non-hydrogen) atoms. The summed E-state index contributed by atoms with van der Waals surface area (Å²) in [5.74, 6) is 1.89. The largest absolute Gasteiger partial charge is 0.486 e. The van der Waals surface area contributed by atoms with Crippen molar-refractivity contribution in [2.75, 3.05) is 26.3 Å². The Labute approximate surface area is 175 Å². The van der Waals surface area contributed by atoms with Gasteiger partial charge in [-0.05, 0) is 37.6 Å². The van der Waals surface area contributed by atoms with E-state index in [2.05, 4.69) is 14.5 Å². The molecule has 0 radical (unpaired) electrons. The highest BCUT2D eigenvalue weighted by Crippen LogP contribution is 2.36. The van der Waals surface area contributed by atoms with Crippen molar-refractivity contribution < 1.29 is 17.9 Å². The first-order valence-electron chi connectivity index (χ1n) is 9.88. The Morgan fingerprint density at radius 3 is 2.63 bits per heavy atom. The van der Waals surface area contributed by atoms with Crippen LogP contribution in [0.15, 0.2) is 53.8 Å². The van der Waals surface area contributed by atoms with Gasteiger partial charge in [-0.3, -0.25) is 4.98 Å². The van der Waals surface area contributed by atoms with Gasteiger partial charge in [0.15, 0.2) is 11.5 Å². The molecule has 1 atom stereocenters. The first-order valence-corrected chi connectivity index (χ1v) is 11.3. The van der Waals surface area contributed by atoms with Gasteiger partial charge in [-0.1, -0.05) is 0 Å². The van der Waals surface area contributed by atoms with Gasteiger partial charge < -0.3 is 14.0 Å². The molecule has 2 aliphatic heterocycles. The van der Waals surface area contributed by atoms with E-state index in [-0.39, 0.29) is 10.9 Å². The summed E-state index contributed by atoms with van der Waals surface area (Å²) in [6, 6.07) is 8.65. The number of aromatic nitrogens is 3. The molecule has 2 aliphatic rings. The van der Waals surface area contributed by atoms with Crippen molar-refractivity contribution >= 4 is 10.0 Å². The van der Waals surface area contributed by atoms with Crippen LogP contribution in [0, 0.1) is 6.92 Å². The summed E-state index contributed by atoms with van der Waals surface area (Å²) in [6.07, 6.45) is 6.01. The zero-order chi connectivity index (χ0) is 20.7. The normalized spacial score (nSPS) is 19.2. The minimum atomic E-state index is -3.63. The highest BCUT2D eigenvalue weighted by atomic mass is 32.2. The van der Waals surface area contributed by atoms with Gasteiger partial charge in [-0.15, -0.1) is 0 Å². The topological polar surface area (TPSA) is 86.6 Å².